The van der Waals surface area contributed by atoms with Crippen molar-refractivity contribution in [3.63, 3.8) is 0 Å². The molecule has 4 aromatic carbocycles. The first-order chi connectivity index (χ1) is 15.3. The highest BCUT2D eigenvalue weighted by atomic mass is 14.3. The summed E-state index contributed by atoms with van der Waals surface area (Å²) in [6, 6.07) is 34.7. The fourth-order valence-corrected chi connectivity index (χ4v) is 4.49. The number of hydrogen-bond donors (Lipinski definition) is 0. The summed E-state index contributed by atoms with van der Waals surface area (Å²) >= 11 is 0. The highest BCUT2D eigenvalue weighted by Crippen LogP contribution is 2.43. The molecule has 2 aliphatic carbocycles. The predicted molar refractivity (Wildman–Crippen MR) is 144 cm³/mol. The smallest absolute Gasteiger partial charge is 0.00733 e. The summed E-state index contributed by atoms with van der Waals surface area (Å²) in [6.45, 7) is 10.3. The first-order valence-electron chi connectivity index (χ1n) is 11.7. The van der Waals surface area contributed by atoms with Gasteiger partial charge in [-0.3, -0.25) is 0 Å². The van der Waals surface area contributed by atoms with Crippen molar-refractivity contribution in [2.75, 3.05) is 0 Å². The Kier molecular flexibility index (Phi) is 9.47. The molecule has 0 aliphatic heterocycles. The van der Waals surface area contributed by atoms with E-state index in [9.17, 15) is 0 Å². The number of rotatable bonds is 0. The maximum Gasteiger partial charge on any atom is 0.00733 e. The standard InChI is InChI=1S/C14H12.C13H10.2C2H6.CH4/c1-10-11-6-2-4-8-13(11)14-9-5-3-7-12(10)14;1-3-7-12-10(5-1)9-11-6-2-4-8-13(11)12;2*1-2;/h2-10H,1H3;1-8H,9H2;2*1-2H3;1H4. The zero-order chi connectivity index (χ0) is 22.2. The van der Waals surface area contributed by atoms with E-state index in [1.807, 2.05) is 27.7 Å². The van der Waals surface area contributed by atoms with E-state index in [1.54, 1.807) is 0 Å². The van der Waals surface area contributed by atoms with E-state index in [0.717, 1.165) is 6.42 Å². The van der Waals surface area contributed by atoms with Crippen LogP contribution < -0.4 is 0 Å². The third kappa shape index (κ3) is 4.86. The second-order valence-corrected chi connectivity index (χ2v) is 7.39. The van der Waals surface area contributed by atoms with Crippen molar-refractivity contribution in [2.24, 2.45) is 0 Å². The molecule has 4 aromatic rings. The SMILES string of the molecule is C.CC.CC.CC1c2ccccc2-c2ccccc21.c1ccc2c(c1)Cc1ccccc1-2. The minimum Gasteiger partial charge on any atom is -0.0776 e. The molecule has 0 bridgehead atoms. The van der Waals surface area contributed by atoms with E-state index < -0.39 is 0 Å². The lowest BCUT2D eigenvalue weighted by Crippen LogP contribution is -1.87. The molecule has 0 atom stereocenters. The second-order valence-electron chi connectivity index (χ2n) is 7.39. The van der Waals surface area contributed by atoms with Gasteiger partial charge >= 0.3 is 0 Å². The molecule has 0 saturated carbocycles. The van der Waals surface area contributed by atoms with Crippen LogP contribution in [0, 0.1) is 0 Å². The van der Waals surface area contributed by atoms with Crippen LogP contribution in [0.25, 0.3) is 22.3 Å². The molecule has 0 unspecified atom stereocenters. The Morgan fingerprint density at radius 3 is 1.19 bits per heavy atom. The zero-order valence-electron chi connectivity index (χ0n) is 19.5. The molecule has 0 radical (unpaired) electrons. The van der Waals surface area contributed by atoms with Crippen molar-refractivity contribution in [3.8, 4) is 22.3 Å². The van der Waals surface area contributed by atoms with Crippen LogP contribution in [0.1, 0.15) is 70.2 Å². The molecule has 0 spiro atoms. The fraction of sp³-hybridized carbons (Fsp3) is 0.250. The Hall–Kier alpha value is -3.12. The maximum absolute atomic E-state index is 2.28. The largest absolute Gasteiger partial charge is 0.0776 e. The van der Waals surface area contributed by atoms with Gasteiger partial charge in [-0.2, -0.15) is 0 Å². The molecule has 0 N–H and O–H groups in total. The Morgan fingerprint density at radius 1 is 0.469 bits per heavy atom. The van der Waals surface area contributed by atoms with Gasteiger partial charge in [0.05, 0.1) is 0 Å². The van der Waals surface area contributed by atoms with Crippen molar-refractivity contribution in [2.45, 2.75) is 54.4 Å². The summed E-state index contributed by atoms with van der Waals surface area (Å²) < 4.78 is 0. The summed E-state index contributed by atoms with van der Waals surface area (Å²) in [5.74, 6) is 0.558. The molecule has 0 amide bonds. The molecule has 2 aliphatic rings. The quantitative estimate of drug-likeness (QED) is 0.233. The van der Waals surface area contributed by atoms with E-state index in [4.69, 9.17) is 0 Å². The second kappa shape index (κ2) is 12.1. The molecular weight excluding hydrogens is 384 g/mol. The average Bonchev–Trinajstić information content (AvgIpc) is 3.38. The lowest BCUT2D eigenvalue weighted by atomic mass is 10.00. The zero-order valence-corrected chi connectivity index (χ0v) is 19.5. The van der Waals surface area contributed by atoms with Crippen molar-refractivity contribution in [1.29, 1.82) is 0 Å². The van der Waals surface area contributed by atoms with Gasteiger partial charge < -0.3 is 0 Å². The lowest BCUT2D eigenvalue weighted by Gasteiger charge is -2.04. The van der Waals surface area contributed by atoms with Crippen molar-refractivity contribution >= 4 is 0 Å². The third-order valence-corrected chi connectivity index (χ3v) is 5.85. The summed E-state index contributed by atoms with van der Waals surface area (Å²) in [4.78, 5) is 0. The molecule has 0 saturated heterocycles. The van der Waals surface area contributed by atoms with Gasteiger partial charge in [0.2, 0.25) is 0 Å². The Bertz CT molecular complexity index is 1030. The number of hydrogen-bond acceptors (Lipinski definition) is 0. The Morgan fingerprint density at radius 2 is 0.781 bits per heavy atom. The van der Waals surface area contributed by atoms with Gasteiger partial charge in [-0.25, -0.2) is 0 Å². The minimum absolute atomic E-state index is 0. The van der Waals surface area contributed by atoms with E-state index in [-0.39, 0.29) is 7.43 Å². The van der Waals surface area contributed by atoms with Crippen LogP contribution in [0.5, 0.6) is 0 Å². The van der Waals surface area contributed by atoms with Gasteiger partial charge in [0.25, 0.3) is 0 Å². The summed E-state index contributed by atoms with van der Waals surface area (Å²) in [5.41, 5.74) is 11.5. The maximum atomic E-state index is 2.28. The normalized spacial score (nSPS) is 11.4. The van der Waals surface area contributed by atoms with Crippen LogP contribution in [-0.4, -0.2) is 0 Å². The summed E-state index contributed by atoms with van der Waals surface area (Å²) in [7, 11) is 0. The molecule has 0 heterocycles. The lowest BCUT2D eigenvalue weighted by molar-refractivity contribution is 0.957. The number of fused-ring (bicyclic) bond motifs is 6. The first-order valence-corrected chi connectivity index (χ1v) is 11.7. The highest BCUT2D eigenvalue weighted by molar-refractivity contribution is 5.78. The van der Waals surface area contributed by atoms with Gasteiger partial charge in [-0.1, -0.05) is 139 Å². The van der Waals surface area contributed by atoms with E-state index in [1.165, 1.54) is 44.5 Å². The average molecular weight is 423 g/mol. The van der Waals surface area contributed by atoms with E-state index in [2.05, 4.69) is 104 Å². The van der Waals surface area contributed by atoms with Crippen LogP contribution in [0.4, 0.5) is 0 Å². The van der Waals surface area contributed by atoms with Crippen LogP contribution in [0.2, 0.25) is 0 Å². The Balaban J connectivity index is 0.000000192. The van der Waals surface area contributed by atoms with Crippen LogP contribution >= 0.6 is 0 Å². The van der Waals surface area contributed by atoms with Crippen LogP contribution in [0.3, 0.4) is 0 Å². The Labute approximate surface area is 196 Å². The van der Waals surface area contributed by atoms with Gasteiger partial charge in [0, 0.05) is 5.92 Å². The van der Waals surface area contributed by atoms with E-state index >= 15 is 0 Å². The molecule has 6 rings (SSSR count). The predicted octanol–water partition coefficient (Wildman–Crippen LogP) is 9.77. The monoisotopic (exact) mass is 422 g/mol. The minimum atomic E-state index is 0. The highest BCUT2D eigenvalue weighted by Gasteiger charge is 2.23. The van der Waals surface area contributed by atoms with Crippen molar-refractivity contribution in [1.82, 2.24) is 0 Å². The van der Waals surface area contributed by atoms with Crippen molar-refractivity contribution < 1.29 is 0 Å². The fourth-order valence-electron chi connectivity index (χ4n) is 4.49. The van der Waals surface area contributed by atoms with Crippen LogP contribution in [-0.2, 0) is 6.42 Å². The van der Waals surface area contributed by atoms with Gasteiger partial charge in [-0.15, -0.1) is 0 Å². The van der Waals surface area contributed by atoms with Gasteiger partial charge in [0.1, 0.15) is 0 Å². The van der Waals surface area contributed by atoms with Gasteiger partial charge in [-0.05, 0) is 50.9 Å². The van der Waals surface area contributed by atoms with Crippen LogP contribution in [0.15, 0.2) is 97.1 Å². The molecule has 166 valence electrons. The molecule has 32 heavy (non-hydrogen) atoms. The summed E-state index contributed by atoms with van der Waals surface area (Å²) in [6.07, 6.45) is 1.10. The van der Waals surface area contributed by atoms with Crippen molar-refractivity contribution in [3.05, 3.63) is 119 Å². The molecule has 0 heteroatoms. The molecule has 0 nitrogen and oxygen atoms in total. The third-order valence-electron chi connectivity index (χ3n) is 5.85. The topological polar surface area (TPSA) is 0 Å². The molecule has 0 aromatic heterocycles. The molecule has 0 fully saturated rings. The molecular formula is C32H38. The number of benzene rings is 4. The first kappa shape index (κ1) is 25.1. The summed E-state index contributed by atoms with van der Waals surface area (Å²) in [5, 5.41) is 0. The van der Waals surface area contributed by atoms with Gasteiger partial charge in [0.15, 0.2) is 0 Å². The van der Waals surface area contributed by atoms with E-state index in [0.29, 0.717) is 5.92 Å².